The molecule has 116 valence electrons. The Balaban J connectivity index is 1.87. The number of ether oxygens (including phenoxy) is 1. The third-order valence-electron chi connectivity index (χ3n) is 2.79. The third-order valence-corrected chi connectivity index (χ3v) is 3.04. The second kappa shape index (κ2) is 7.71. The minimum Gasteiger partial charge on any atom is -0.491 e. The Morgan fingerprint density at radius 3 is 2.55 bits per heavy atom. The Morgan fingerprint density at radius 2 is 1.86 bits per heavy atom. The fraction of sp³-hybridized carbons (Fsp3) is 0.235. The highest BCUT2D eigenvalue weighted by Gasteiger charge is 2.04. The summed E-state index contributed by atoms with van der Waals surface area (Å²) in [6, 6.07) is 14.5. The van der Waals surface area contributed by atoms with E-state index in [-0.39, 0.29) is 18.6 Å². The number of rotatable bonds is 6. The first-order valence-corrected chi connectivity index (χ1v) is 7.47. The van der Waals surface area contributed by atoms with Crippen LogP contribution >= 0.6 is 11.6 Å². The van der Waals surface area contributed by atoms with Crippen molar-refractivity contribution in [1.29, 1.82) is 0 Å². The molecular weight excluding hydrogens is 300 g/mol. The highest BCUT2D eigenvalue weighted by molar-refractivity contribution is 6.30. The molecule has 0 fully saturated rings. The van der Waals surface area contributed by atoms with E-state index in [1.807, 2.05) is 44.2 Å². The maximum atomic E-state index is 11.9. The van der Waals surface area contributed by atoms with E-state index in [0.717, 1.165) is 11.4 Å². The van der Waals surface area contributed by atoms with Crippen LogP contribution in [0.25, 0.3) is 0 Å². The van der Waals surface area contributed by atoms with Crippen LogP contribution in [0.5, 0.6) is 5.75 Å². The molecule has 0 saturated heterocycles. The van der Waals surface area contributed by atoms with Crippen LogP contribution in [0, 0.1) is 0 Å². The Kier molecular flexibility index (Phi) is 5.67. The van der Waals surface area contributed by atoms with Gasteiger partial charge in [0.05, 0.1) is 12.6 Å². The summed E-state index contributed by atoms with van der Waals surface area (Å²) in [7, 11) is 0. The van der Waals surface area contributed by atoms with Gasteiger partial charge in [0.2, 0.25) is 5.91 Å². The number of benzene rings is 2. The van der Waals surface area contributed by atoms with Crippen LogP contribution in [-0.4, -0.2) is 18.6 Å². The van der Waals surface area contributed by atoms with E-state index in [0.29, 0.717) is 10.7 Å². The van der Waals surface area contributed by atoms with Gasteiger partial charge in [-0.25, -0.2) is 0 Å². The summed E-state index contributed by atoms with van der Waals surface area (Å²) in [5.41, 5.74) is 1.55. The molecule has 0 radical (unpaired) electrons. The fourth-order valence-electron chi connectivity index (χ4n) is 1.87. The first kappa shape index (κ1) is 16.2. The fourth-order valence-corrected chi connectivity index (χ4v) is 2.00. The lowest BCUT2D eigenvalue weighted by molar-refractivity contribution is -0.114. The third kappa shape index (κ3) is 5.30. The first-order chi connectivity index (χ1) is 10.5. The molecule has 0 aliphatic carbocycles. The van der Waals surface area contributed by atoms with Gasteiger partial charge in [0.25, 0.3) is 0 Å². The monoisotopic (exact) mass is 318 g/mol. The molecule has 0 aliphatic heterocycles. The van der Waals surface area contributed by atoms with Gasteiger partial charge in [-0.2, -0.15) is 0 Å². The lowest BCUT2D eigenvalue weighted by atomic mass is 10.3. The number of hydrogen-bond acceptors (Lipinski definition) is 3. The van der Waals surface area contributed by atoms with E-state index in [9.17, 15) is 4.79 Å². The quantitative estimate of drug-likeness (QED) is 0.840. The van der Waals surface area contributed by atoms with Gasteiger partial charge in [-0.3, -0.25) is 4.79 Å². The molecule has 0 atom stereocenters. The van der Waals surface area contributed by atoms with Gasteiger partial charge in [-0.1, -0.05) is 17.7 Å². The zero-order chi connectivity index (χ0) is 15.9. The van der Waals surface area contributed by atoms with E-state index in [1.165, 1.54) is 0 Å². The van der Waals surface area contributed by atoms with Crippen molar-refractivity contribution in [1.82, 2.24) is 0 Å². The van der Waals surface area contributed by atoms with Gasteiger partial charge in [-0.05, 0) is 50.2 Å². The van der Waals surface area contributed by atoms with Crippen molar-refractivity contribution >= 4 is 28.9 Å². The molecule has 0 aliphatic rings. The van der Waals surface area contributed by atoms with Crippen LogP contribution in [0.15, 0.2) is 48.5 Å². The Morgan fingerprint density at radius 1 is 1.14 bits per heavy atom. The highest BCUT2D eigenvalue weighted by Crippen LogP contribution is 2.18. The zero-order valence-corrected chi connectivity index (χ0v) is 13.4. The van der Waals surface area contributed by atoms with Crippen LogP contribution in [0.2, 0.25) is 5.02 Å². The zero-order valence-electron chi connectivity index (χ0n) is 12.6. The lowest BCUT2D eigenvalue weighted by Crippen LogP contribution is -2.21. The van der Waals surface area contributed by atoms with Crippen molar-refractivity contribution in [3.05, 3.63) is 53.6 Å². The lowest BCUT2D eigenvalue weighted by Gasteiger charge is -2.12. The van der Waals surface area contributed by atoms with Crippen LogP contribution < -0.4 is 15.4 Å². The van der Waals surface area contributed by atoms with Crippen molar-refractivity contribution in [2.24, 2.45) is 0 Å². The number of hydrogen-bond donors (Lipinski definition) is 2. The van der Waals surface area contributed by atoms with Gasteiger partial charge in [0.1, 0.15) is 5.75 Å². The van der Waals surface area contributed by atoms with E-state index >= 15 is 0 Å². The van der Waals surface area contributed by atoms with Gasteiger partial charge < -0.3 is 15.4 Å². The van der Waals surface area contributed by atoms with Gasteiger partial charge in [0, 0.05) is 22.5 Å². The summed E-state index contributed by atoms with van der Waals surface area (Å²) in [6.07, 6.45) is 0.0949. The number of nitrogens with one attached hydrogen (secondary N) is 2. The molecule has 0 saturated carbocycles. The summed E-state index contributed by atoms with van der Waals surface area (Å²) < 4.78 is 5.60. The standard InChI is InChI=1S/C17H19ClN2O2/c1-12(2)22-16-5-3-4-15(10-16)20-17(21)11-19-14-8-6-13(18)7-9-14/h3-10,12,19H,11H2,1-2H3,(H,20,21). The second-order valence-corrected chi connectivity index (χ2v) is 5.54. The molecule has 0 heterocycles. The number of anilines is 2. The molecule has 4 nitrogen and oxygen atoms in total. The maximum absolute atomic E-state index is 11.9. The number of halogens is 1. The Bertz CT molecular complexity index is 627. The molecule has 0 spiro atoms. The average Bonchev–Trinajstić information content (AvgIpc) is 2.46. The predicted octanol–water partition coefficient (Wildman–Crippen LogP) is 4.18. The van der Waals surface area contributed by atoms with Crippen LogP contribution in [0.4, 0.5) is 11.4 Å². The summed E-state index contributed by atoms with van der Waals surface area (Å²) in [4.78, 5) is 11.9. The minimum atomic E-state index is -0.128. The molecule has 0 unspecified atom stereocenters. The SMILES string of the molecule is CC(C)Oc1cccc(NC(=O)CNc2ccc(Cl)cc2)c1. The highest BCUT2D eigenvalue weighted by atomic mass is 35.5. The predicted molar refractivity (Wildman–Crippen MR) is 90.8 cm³/mol. The van der Waals surface area contributed by atoms with Gasteiger partial charge >= 0.3 is 0 Å². The van der Waals surface area contributed by atoms with Gasteiger partial charge in [-0.15, -0.1) is 0 Å². The molecule has 5 heteroatoms. The van der Waals surface area contributed by atoms with Crippen molar-refractivity contribution in [3.63, 3.8) is 0 Å². The average molecular weight is 319 g/mol. The number of carbonyl (C=O) groups is 1. The topological polar surface area (TPSA) is 50.4 Å². The molecular formula is C17H19ClN2O2. The van der Waals surface area contributed by atoms with Crippen molar-refractivity contribution in [2.45, 2.75) is 20.0 Å². The minimum absolute atomic E-state index is 0.0949. The van der Waals surface area contributed by atoms with Crippen LogP contribution in [0.1, 0.15) is 13.8 Å². The van der Waals surface area contributed by atoms with Gasteiger partial charge in [0.15, 0.2) is 0 Å². The van der Waals surface area contributed by atoms with Crippen LogP contribution in [-0.2, 0) is 4.79 Å². The Hall–Kier alpha value is -2.20. The van der Waals surface area contributed by atoms with Crippen molar-refractivity contribution < 1.29 is 9.53 Å². The summed E-state index contributed by atoms with van der Waals surface area (Å²) in [6.45, 7) is 4.10. The molecule has 2 aromatic carbocycles. The molecule has 1 amide bonds. The van der Waals surface area contributed by atoms with E-state index in [2.05, 4.69) is 10.6 Å². The van der Waals surface area contributed by atoms with E-state index in [4.69, 9.17) is 16.3 Å². The Labute approximate surface area is 135 Å². The normalized spacial score (nSPS) is 10.4. The molecule has 2 rings (SSSR count). The van der Waals surface area contributed by atoms with E-state index < -0.39 is 0 Å². The number of amides is 1. The van der Waals surface area contributed by atoms with Crippen LogP contribution in [0.3, 0.4) is 0 Å². The first-order valence-electron chi connectivity index (χ1n) is 7.09. The van der Waals surface area contributed by atoms with Crippen molar-refractivity contribution in [3.8, 4) is 5.75 Å². The smallest absolute Gasteiger partial charge is 0.243 e. The van der Waals surface area contributed by atoms with E-state index in [1.54, 1.807) is 18.2 Å². The molecule has 2 aromatic rings. The summed E-state index contributed by atoms with van der Waals surface area (Å²) in [5.74, 6) is 0.607. The number of carbonyl (C=O) groups excluding carboxylic acids is 1. The molecule has 0 aromatic heterocycles. The molecule has 0 bridgehead atoms. The summed E-state index contributed by atoms with van der Waals surface area (Å²) >= 11 is 5.81. The van der Waals surface area contributed by atoms with Crippen molar-refractivity contribution in [2.75, 3.05) is 17.2 Å². The largest absolute Gasteiger partial charge is 0.491 e. The summed E-state index contributed by atoms with van der Waals surface area (Å²) in [5, 5.41) is 6.53. The second-order valence-electron chi connectivity index (χ2n) is 5.10. The maximum Gasteiger partial charge on any atom is 0.243 e. The molecule has 2 N–H and O–H groups in total. The molecule has 22 heavy (non-hydrogen) atoms.